The van der Waals surface area contributed by atoms with E-state index in [2.05, 4.69) is 22.1 Å². The highest BCUT2D eigenvalue weighted by Gasteiger charge is 2.36. The molecule has 0 amide bonds. The normalized spacial score (nSPS) is 19.7. The van der Waals surface area contributed by atoms with Gasteiger partial charge >= 0.3 is 5.97 Å². The lowest BCUT2D eigenvalue weighted by Crippen LogP contribution is -2.41. The molecule has 1 saturated heterocycles. The molecular formula is C19H30IN3O3. The van der Waals surface area contributed by atoms with Gasteiger partial charge in [-0.05, 0) is 31.4 Å². The van der Waals surface area contributed by atoms with E-state index in [9.17, 15) is 4.79 Å². The van der Waals surface area contributed by atoms with Gasteiger partial charge in [-0.1, -0.05) is 25.1 Å². The Morgan fingerprint density at radius 2 is 2.08 bits per heavy atom. The average Bonchev–Trinajstić information content (AvgIpc) is 3.00. The molecule has 1 fully saturated rings. The Balaban J connectivity index is 0.00000338. The van der Waals surface area contributed by atoms with Crippen molar-refractivity contribution in [2.75, 3.05) is 39.9 Å². The molecular weight excluding hydrogens is 445 g/mol. The largest absolute Gasteiger partial charge is 0.491 e. The van der Waals surface area contributed by atoms with Crippen molar-refractivity contribution < 1.29 is 14.3 Å². The summed E-state index contributed by atoms with van der Waals surface area (Å²) in [6.07, 6.45) is 0. The Morgan fingerprint density at radius 3 is 2.73 bits per heavy atom. The number of hydrogen-bond acceptors (Lipinski definition) is 4. The highest BCUT2D eigenvalue weighted by Crippen LogP contribution is 2.24. The number of methoxy groups -OCH3 is 1. The SMILES string of the molecule is CCNC(=NCCOc1ccccc1C)N1CC(C)C(C(=O)OC)C1.I. The monoisotopic (exact) mass is 475 g/mol. The van der Waals surface area contributed by atoms with Crippen molar-refractivity contribution in [3.63, 3.8) is 0 Å². The summed E-state index contributed by atoms with van der Waals surface area (Å²) in [4.78, 5) is 18.6. The zero-order chi connectivity index (χ0) is 18.2. The van der Waals surface area contributed by atoms with Crippen molar-refractivity contribution in [1.29, 1.82) is 0 Å². The molecule has 0 saturated carbocycles. The van der Waals surface area contributed by atoms with Crippen LogP contribution in [0, 0.1) is 18.8 Å². The van der Waals surface area contributed by atoms with Crippen LogP contribution in [0.1, 0.15) is 19.4 Å². The molecule has 7 heteroatoms. The predicted octanol–water partition coefficient (Wildman–Crippen LogP) is 2.70. The molecule has 2 rings (SSSR count). The van der Waals surface area contributed by atoms with Crippen molar-refractivity contribution in [1.82, 2.24) is 10.2 Å². The summed E-state index contributed by atoms with van der Waals surface area (Å²) < 4.78 is 10.7. The van der Waals surface area contributed by atoms with Crippen LogP contribution in [0.3, 0.4) is 0 Å². The molecule has 0 aromatic heterocycles. The Morgan fingerprint density at radius 1 is 1.35 bits per heavy atom. The smallest absolute Gasteiger partial charge is 0.310 e. The van der Waals surface area contributed by atoms with Gasteiger partial charge in [0, 0.05) is 19.6 Å². The van der Waals surface area contributed by atoms with E-state index in [0.717, 1.165) is 30.4 Å². The van der Waals surface area contributed by atoms with Crippen LogP contribution in [-0.2, 0) is 9.53 Å². The zero-order valence-corrected chi connectivity index (χ0v) is 18.4. The Bertz CT molecular complexity index is 609. The van der Waals surface area contributed by atoms with E-state index in [-0.39, 0.29) is 41.8 Å². The standard InChI is InChI=1S/C19H29N3O3.HI/c1-5-20-19(22-12-15(3)16(13-22)18(23)24-4)21-10-11-25-17-9-7-6-8-14(17)2;/h6-9,15-16H,5,10-13H2,1-4H3,(H,20,21);1H. The number of para-hydroxylation sites is 1. The molecule has 0 aliphatic carbocycles. The molecule has 2 unspecified atom stereocenters. The predicted molar refractivity (Wildman–Crippen MR) is 114 cm³/mol. The van der Waals surface area contributed by atoms with E-state index in [1.807, 2.05) is 38.1 Å². The Hall–Kier alpha value is -1.51. The van der Waals surface area contributed by atoms with Crippen molar-refractivity contribution >= 4 is 35.9 Å². The van der Waals surface area contributed by atoms with Crippen molar-refractivity contribution in [2.45, 2.75) is 20.8 Å². The van der Waals surface area contributed by atoms with Crippen LogP contribution in [0.5, 0.6) is 5.75 Å². The first-order valence-electron chi connectivity index (χ1n) is 8.86. The molecule has 0 radical (unpaired) electrons. The van der Waals surface area contributed by atoms with Crippen LogP contribution in [0.4, 0.5) is 0 Å². The number of rotatable bonds is 6. The third-order valence-corrected chi connectivity index (χ3v) is 4.45. The molecule has 1 aliphatic heterocycles. The molecule has 1 aliphatic rings. The number of likely N-dealkylation sites (tertiary alicyclic amines) is 1. The minimum absolute atomic E-state index is 0. The summed E-state index contributed by atoms with van der Waals surface area (Å²) in [7, 11) is 1.44. The molecule has 1 N–H and O–H groups in total. The van der Waals surface area contributed by atoms with Gasteiger partial charge in [0.2, 0.25) is 0 Å². The summed E-state index contributed by atoms with van der Waals surface area (Å²) in [5, 5.41) is 3.30. The molecule has 6 nitrogen and oxygen atoms in total. The maximum atomic E-state index is 11.9. The van der Waals surface area contributed by atoms with Crippen LogP contribution >= 0.6 is 24.0 Å². The molecule has 2 atom stereocenters. The summed E-state index contributed by atoms with van der Waals surface area (Å²) in [5.74, 6) is 1.72. The third-order valence-electron chi connectivity index (χ3n) is 4.45. The van der Waals surface area contributed by atoms with Crippen molar-refractivity contribution in [3.05, 3.63) is 29.8 Å². The van der Waals surface area contributed by atoms with E-state index >= 15 is 0 Å². The third kappa shape index (κ3) is 6.03. The summed E-state index contributed by atoms with van der Waals surface area (Å²) in [6.45, 7) is 9.44. The second-order valence-corrected chi connectivity index (χ2v) is 6.36. The van der Waals surface area contributed by atoms with Crippen molar-refractivity contribution in [3.8, 4) is 5.75 Å². The van der Waals surface area contributed by atoms with Gasteiger partial charge in [-0.15, -0.1) is 24.0 Å². The maximum absolute atomic E-state index is 11.9. The fraction of sp³-hybridized carbons (Fsp3) is 0.579. The van der Waals surface area contributed by atoms with Gasteiger partial charge < -0.3 is 19.7 Å². The number of hydrogen-bond donors (Lipinski definition) is 1. The number of nitrogens with one attached hydrogen (secondary N) is 1. The fourth-order valence-corrected chi connectivity index (χ4v) is 3.05. The van der Waals surface area contributed by atoms with Gasteiger partial charge in [-0.2, -0.15) is 0 Å². The van der Waals surface area contributed by atoms with Gasteiger partial charge in [0.25, 0.3) is 0 Å². The molecule has 146 valence electrons. The highest BCUT2D eigenvalue weighted by molar-refractivity contribution is 14.0. The molecule has 0 bridgehead atoms. The Labute approximate surface area is 173 Å². The van der Waals surface area contributed by atoms with Gasteiger partial charge in [-0.3, -0.25) is 4.79 Å². The number of halogens is 1. The number of benzene rings is 1. The second-order valence-electron chi connectivity index (χ2n) is 6.36. The number of nitrogens with zero attached hydrogens (tertiary/aromatic N) is 2. The van der Waals surface area contributed by atoms with E-state index < -0.39 is 0 Å². The molecule has 1 aromatic rings. The number of esters is 1. The molecule has 0 spiro atoms. The maximum Gasteiger partial charge on any atom is 0.310 e. The Kier molecular flexibility index (Phi) is 9.75. The van der Waals surface area contributed by atoms with Crippen LogP contribution in [-0.4, -0.2) is 56.7 Å². The first kappa shape index (κ1) is 22.5. The summed E-state index contributed by atoms with van der Waals surface area (Å²) in [5.41, 5.74) is 1.12. The number of carbonyl (C=O) groups is 1. The molecule has 1 heterocycles. The van der Waals surface area contributed by atoms with Gasteiger partial charge in [0.1, 0.15) is 12.4 Å². The molecule has 26 heavy (non-hydrogen) atoms. The first-order chi connectivity index (χ1) is 12.1. The fourth-order valence-electron chi connectivity index (χ4n) is 3.05. The lowest BCUT2D eigenvalue weighted by molar-refractivity contribution is -0.145. The second kappa shape index (κ2) is 11.3. The highest BCUT2D eigenvalue weighted by atomic mass is 127. The quantitative estimate of drug-likeness (QED) is 0.226. The lowest BCUT2D eigenvalue weighted by Gasteiger charge is -2.21. The lowest BCUT2D eigenvalue weighted by atomic mass is 9.99. The van der Waals surface area contributed by atoms with E-state index in [1.165, 1.54) is 7.11 Å². The number of aliphatic imine (C=N–C) groups is 1. The van der Waals surface area contributed by atoms with Crippen LogP contribution in [0.2, 0.25) is 0 Å². The number of guanidine groups is 1. The number of aryl methyl sites for hydroxylation is 1. The van der Waals surface area contributed by atoms with Gasteiger partial charge in [0.15, 0.2) is 5.96 Å². The topological polar surface area (TPSA) is 63.2 Å². The van der Waals surface area contributed by atoms with E-state index in [1.54, 1.807) is 0 Å². The first-order valence-corrected chi connectivity index (χ1v) is 8.86. The number of carbonyl (C=O) groups excluding carboxylic acids is 1. The number of ether oxygens (including phenoxy) is 2. The van der Waals surface area contributed by atoms with Gasteiger partial charge in [0.05, 0.1) is 19.6 Å². The minimum Gasteiger partial charge on any atom is -0.491 e. The van der Waals surface area contributed by atoms with Crippen LogP contribution in [0.25, 0.3) is 0 Å². The average molecular weight is 475 g/mol. The summed E-state index contributed by atoms with van der Waals surface area (Å²) in [6, 6.07) is 7.96. The van der Waals surface area contributed by atoms with Crippen LogP contribution < -0.4 is 10.1 Å². The molecule has 1 aromatic carbocycles. The van der Waals surface area contributed by atoms with Gasteiger partial charge in [-0.25, -0.2) is 4.99 Å². The van der Waals surface area contributed by atoms with Crippen molar-refractivity contribution in [2.24, 2.45) is 16.8 Å². The van der Waals surface area contributed by atoms with E-state index in [4.69, 9.17) is 9.47 Å². The van der Waals surface area contributed by atoms with Crippen LogP contribution in [0.15, 0.2) is 29.3 Å². The van der Waals surface area contributed by atoms with E-state index in [0.29, 0.717) is 19.7 Å². The minimum atomic E-state index is -0.145. The zero-order valence-electron chi connectivity index (χ0n) is 16.0. The summed E-state index contributed by atoms with van der Waals surface area (Å²) >= 11 is 0.